The molecule has 3 aliphatic rings. The van der Waals surface area contributed by atoms with Crippen LogP contribution in [0.25, 0.3) is 10.9 Å². The van der Waals surface area contributed by atoms with Crippen LogP contribution in [0.1, 0.15) is 41.7 Å². The maximum atomic E-state index is 13.9. The van der Waals surface area contributed by atoms with Gasteiger partial charge in [-0.3, -0.25) is 9.69 Å². The van der Waals surface area contributed by atoms with Crippen molar-refractivity contribution in [1.82, 2.24) is 14.8 Å². The minimum absolute atomic E-state index is 0.00961. The molecule has 2 aromatic rings. The Kier molecular flexibility index (Phi) is 3.42. The van der Waals surface area contributed by atoms with Crippen LogP contribution in [0.3, 0.4) is 0 Å². The molecule has 4 nitrogen and oxygen atoms in total. The number of halogens is 1. The third-order valence-corrected chi connectivity index (χ3v) is 6.44. The number of hydrogen-bond acceptors (Lipinski definition) is 2. The topological polar surface area (TPSA) is 37.3 Å². The van der Waals surface area contributed by atoms with Gasteiger partial charge in [-0.15, -0.1) is 0 Å². The lowest BCUT2D eigenvalue weighted by molar-refractivity contribution is 0.0920. The number of hydrogen-bond donors (Lipinski definition) is 1. The van der Waals surface area contributed by atoms with E-state index >= 15 is 0 Å². The fourth-order valence-corrected chi connectivity index (χ4v) is 5.36. The van der Waals surface area contributed by atoms with Crippen molar-refractivity contribution in [2.45, 2.75) is 50.4 Å². The standard InChI is InChI=1S/C20H24FN3O/c21-14-11-20(8-4-9-23(20)12-14)13-22-19(25)18-15-5-1-2-6-16(15)24-10-3-7-17(18)24/h1-2,5-6,14H,3-4,7-13H2,(H,22,25)/t14-,20-/m0/s1. The lowest BCUT2D eigenvalue weighted by Crippen LogP contribution is -2.48. The molecule has 0 unspecified atom stereocenters. The second-order valence-electron chi connectivity index (χ2n) is 7.85. The first kappa shape index (κ1) is 15.4. The molecule has 132 valence electrons. The van der Waals surface area contributed by atoms with Crippen LogP contribution < -0.4 is 5.32 Å². The molecule has 2 atom stereocenters. The first-order chi connectivity index (χ1) is 12.2. The normalized spacial score (nSPS) is 28.4. The number of para-hydroxylation sites is 1. The van der Waals surface area contributed by atoms with Crippen molar-refractivity contribution >= 4 is 16.8 Å². The highest BCUT2D eigenvalue weighted by molar-refractivity contribution is 6.08. The molecule has 3 aliphatic heterocycles. The highest BCUT2D eigenvalue weighted by Crippen LogP contribution is 2.39. The van der Waals surface area contributed by atoms with Gasteiger partial charge in [-0.25, -0.2) is 4.39 Å². The number of carbonyl (C=O) groups is 1. The van der Waals surface area contributed by atoms with E-state index in [1.165, 1.54) is 0 Å². The molecule has 4 heterocycles. The van der Waals surface area contributed by atoms with E-state index in [0.29, 0.717) is 19.5 Å². The van der Waals surface area contributed by atoms with Gasteiger partial charge in [-0.1, -0.05) is 18.2 Å². The number of benzene rings is 1. The summed E-state index contributed by atoms with van der Waals surface area (Å²) in [5.41, 5.74) is 3.00. The molecule has 1 aromatic carbocycles. The summed E-state index contributed by atoms with van der Waals surface area (Å²) in [5, 5.41) is 4.22. The van der Waals surface area contributed by atoms with Crippen molar-refractivity contribution < 1.29 is 9.18 Å². The molecule has 5 rings (SSSR count). The molecule has 0 saturated carbocycles. The van der Waals surface area contributed by atoms with E-state index in [1.54, 1.807) is 0 Å². The predicted molar refractivity (Wildman–Crippen MR) is 95.6 cm³/mol. The van der Waals surface area contributed by atoms with Crippen molar-refractivity contribution in [1.29, 1.82) is 0 Å². The quantitative estimate of drug-likeness (QED) is 0.932. The minimum atomic E-state index is -0.753. The number of carbonyl (C=O) groups excluding carboxylic acids is 1. The molecular formula is C20H24FN3O. The maximum absolute atomic E-state index is 13.9. The van der Waals surface area contributed by atoms with Gasteiger partial charge in [0.25, 0.3) is 5.91 Å². The fraction of sp³-hybridized carbons (Fsp3) is 0.550. The fourth-order valence-electron chi connectivity index (χ4n) is 5.36. The van der Waals surface area contributed by atoms with Gasteiger partial charge in [0.15, 0.2) is 0 Å². The van der Waals surface area contributed by atoms with Crippen molar-refractivity contribution in [3.05, 3.63) is 35.5 Å². The van der Waals surface area contributed by atoms with Crippen LogP contribution in [-0.4, -0.2) is 46.7 Å². The number of amides is 1. The lowest BCUT2D eigenvalue weighted by atomic mass is 9.93. The summed E-state index contributed by atoms with van der Waals surface area (Å²) < 4.78 is 16.2. The first-order valence-corrected chi connectivity index (χ1v) is 9.45. The number of fused-ring (bicyclic) bond motifs is 4. The van der Waals surface area contributed by atoms with Crippen LogP contribution in [0.15, 0.2) is 24.3 Å². The Bertz CT molecular complexity index is 845. The third-order valence-electron chi connectivity index (χ3n) is 6.44. The summed E-state index contributed by atoms with van der Waals surface area (Å²) >= 11 is 0. The number of rotatable bonds is 3. The van der Waals surface area contributed by atoms with Gasteiger partial charge in [0.2, 0.25) is 0 Å². The van der Waals surface area contributed by atoms with E-state index in [0.717, 1.165) is 60.9 Å². The van der Waals surface area contributed by atoms with Crippen LogP contribution in [0, 0.1) is 0 Å². The number of aryl methyl sites for hydroxylation is 1. The monoisotopic (exact) mass is 341 g/mol. The van der Waals surface area contributed by atoms with Crippen molar-refractivity contribution in [3.63, 3.8) is 0 Å². The molecule has 0 bridgehead atoms. The van der Waals surface area contributed by atoms with Gasteiger partial charge in [0.1, 0.15) is 6.17 Å². The van der Waals surface area contributed by atoms with Crippen LogP contribution in [0.4, 0.5) is 4.39 Å². The van der Waals surface area contributed by atoms with E-state index in [9.17, 15) is 9.18 Å². The lowest BCUT2D eigenvalue weighted by Gasteiger charge is -2.31. The third kappa shape index (κ3) is 2.25. The zero-order valence-electron chi connectivity index (χ0n) is 14.4. The number of nitrogens with one attached hydrogen (secondary N) is 1. The van der Waals surface area contributed by atoms with Crippen LogP contribution >= 0.6 is 0 Å². The Morgan fingerprint density at radius 1 is 1.28 bits per heavy atom. The summed E-state index contributed by atoms with van der Waals surface area (Å²) in [6.07, 6.45) is 3.96. The highest BCUT2D eigenvalue weighted by atomic mass is 19.1. The SMILES string of the molecule is O=C(NC[C@@]12CCCN1C[C@@H](F)C2)c1c2n(c3ccccc13)CCC2. The molecule has 2 saturated heterocycles. The molecule has 0 radical (unpaired) electrons. The maximum Gasteiger partial charge on any atom is 0.253 e. The van der Waals surface area contributed by atoms with E-state index in [-0.39, 0.29) is 11.4 Å². The molecule has 1 amide bonds. The van der Waals surface area contributed by atoms with E-state index < -0.39 is 6.17 Å². The van der Waals surface area contributed by atoms with Crippen LogP contribution in [0.5, 0.6) is 0 Å². The Balaban J connectivity index is 1.43. The van der Waals surface area contributed by atoms with E-state index in [2.05, 4.69) is 20.9 Å². The summed E-state index contributed by atoms with van der Waals surface area (Å²) in [7, 11) is 0. The summed E-state index contributed by atoms with van der Waals surface area (Å²) in [4.78, 5) is 15.3. The number of nitrogens with zero attached hydrogens (tertiary/aromatic N) is 2. The molecule has 1 aromatic heterocycles. The van der Waals surface area contributed by atoms with Gasteiger partial charge >= 0.3 is 0 Å². The Morgan fingerprint density at radius 3 is 3.08 bits per heavy atom. The summed E-state index contributed by atoms with van der Waals surface area (Å²) in [5.74, 6) is 0.00961. The first-order valence-electron chi connectivity index (χ1n) is 9.45. The van der Waals surface area contributed by atoms with Gasteiger partial charge in [0.05, 0.1) is 5.56 Å². The average Bonchev–Trinajstić information content (AvgIpc) is 3.31. The highest BCUT2D eigenvalue weighted by Gasteiger charge is 2.48. The molecule has 25 heavy (non-hydrogen) atoms. The van der Waals surface area contributed by atoms with Crippen LogP contribution in [-0.2, 0) is 13.0 Å². The summed E-state index contributed by atoms with van der Waals surface area (Å²) in [6.45, 7) is 3.04. The smallest absolute Gasteiger partial charge is 0.253 e. The van der Waals surface area contributed by atoms with Crippen molar-refractivity contribution in [2.75, 3.05) is 19.6 Å². The van der Waals surface area contributed by atoms with Crippen molar-refractivity contribution in [2.24, 2.45) is 0 Å². The second-order valence-corrected chi connectivity index (χ2v) is 7.85. The van der Waals surface area contributed by atoms with Gasteiger partial charge in [0, 0.05) is 41.8 Å². The molecule has 5 heteroatoms. The van der Waals surface area contributed by atoms with E-state index in [4.69, 9.17) is 0 Å². The van der Waals surface area contributed by atoms with Crippen LogP contribution in [0.2, 0.25) is 0 Å². The Morgan fingerprint density at radius 2 is 2.16 bits per heavy atom. The van der Waals surface area contributed by atoms with Crippen molar-refractivity contribution in [3.8, 4) is 0 Å². The predicted octanol–water partition coefficient (Wildman–Crippen LogP) is 2.89. The Hall–Kier alpha value is -1.88. The number of alkyl halides is 1. The molecule has 1 N–H and O–H groups in total. The largest absolute Gasteiger partial charge is 0.350 e. The zero-order chi connectivity index (χ0) is 17.0. The molecular weight excluding hydrogens is 317 g/mol. The van der Waals surface area contributed by atoms with Gasteiger partial charge in [-0.2, -0.15) is 0 Å². The zero-order valence-corrected chi connectivity index (χ0v) is 14.4. The Labute approximate surface area is 147 Å². The van der Waals surface area contributed by atoms with Gasteiger partial charge in [-0.05, 0) is 44.7 Å². The molecule has 0 spiro atoms. The molecule has 2 fully saturated rings. The molecule has 0 aliphatic carbocycles. The average molecular weight is 341 g/mol. The van der Waals surface area contributed by atoms with E-state index in [1.807, 2.05) is 18.2 Å². The number of aromatic nitrogens is 1. The summed E-state index contributed by atoms with van der Waals surface area (Å²) in [6, 6.07) is 8.17. The van der Waals surface area contributed by atoms with Gasteiger partial charge < -0.3 is 9.88 Å². The second kappa shape index (κ2) is 5.56. The minimum Gasteiger partial charge on any atom is -0.350 e.